The Labute approximate surface area is 120 Å². The minimum Gasteiger partial charge on any atom is -0.322 e. The zero-order valence-corrected chi connectivity index (χ0v) is 12.3. The lowest BCUT2D eigenvalue weighted by molar-refractivity contribution is 0.0938. The molecule has 20 heavy (non-hydrogen) atoms. The van der Waals surface area contributed by atoms with Crippen LogP contribution in [0.2, 0.25) is 0 Å². The smallest absolute Gasteiger partial charge is 0.130 e. The molecule has 0 amide bonds. The molecular weight excluding hydrogens is 258 g/mol. The third-order valence-corrected chi connectivity index (χ3v) is 4.75. The van der Waals surface area contributed by atoms with E-state index < -0.39 is 17.7 Å². The number of nitrogens with two attached hydrogens (primary N) is 1. The van der Waals surface area contributed by atoms with Gasteiger partial charge in [0.05, 0.1) is 6.04 Å². The van der Waals surface area contributed by atoms with Crippen LogP contribution in [-0.4, -0.2) is 24.5 Å². The van der Waals surface area contributed by atoms with Gasteiger partial charge in [-0.3, -0.25) is 0 Å². The molecule has 0 heterocycles. The van der Waals surface area contributed by atoms with Gasteiger partial charge < -0.3 is 10.6 Å². The van der Waals surface area contributed by atoms with Crippen molar-refractivity contribution in [3.8, 4) is 0 Å². The molecule has 2 N–H and O–H groups in total. The number of nitrogens with zero attached hydrogens (tertiary/aromatic N) is 1. The van der Waals surface area contributed by atoms with Crippen molar-refractivity contribution in [1.82, 2.24) is 4.90 Å². The molecule has 0 radical (unpaired) electrons. The number of hydrogen-bond donors (Lipinski definition) is 1. The summed E-state index contributed by atoms with van der Waals surface area (Å²) in [6.45, 7) is 0. The number of likely N-dealkylation sites (N-methyl/N-ethyl adjacent to an activating group) is 1. The molecule has 2 nitrogen and oxygen atoms in total. The summed E-state index contributed by atoms with van der Waals surface area (Å²) >= 11 is 0. The Bertz CT molecular complexity index is 432. The van der Waals surface area contributed by atoms with Crippen molar-refractivity contribution in [2.45, 2.75) is 50.1 Å². The van der Waals surface area contributed by atoms with Crippen LogP contribution in [0.25, 0.3) is 0 Å². The first kappa shape index (κ1) is 15.4. The summed E-state index contributed by atoms with van der Waals surface area (Å²) in [6, 6.07) is 3.32. The molecule has 1 aliphatic rings. The summed E-state index contributed by atoms with van der Waals surface area (Å²) in [4.78, 5) is 2.06. The summed E-state index contributed by atoms with van der Waals surface area (Å²) in [5.74, 6) is -1.08. The quantitative estimate of drug-likeness (QED) is 0.858. The summed E-state index contributed by atoms with van der Waals surface area (Å²) in [7, 11) is 3.92. The number of benzene rings is 1. The van der Waals surface area contributed by atoms with Crippen molar-refractivity contribution >= 4 is 0 Å². The minimum absolute atomic E-state index is 0.0306. The van der Waals surface area contributed by atoms with Gasteiger partial charge in [0.15, 0.2) is 0 Å². The van der Waals surface area contributed by atoms with Crippen LogP contribution >= 0.6 is 0 Å². The first-order valence-corrected chi connectivity index (χ1v) is 7.36. The molecule has 1 fully saturated rings. The fourth-order valence-corrected chi connectivity index (χ4v) is 3.45. The van der Waals surface area contributed by atoms with Gasteiger partial charge in [-0.1, -0.05) is 31.7 Å². The molecule has 1 atom stereocenters. The number of halogens is 2. The van der Waals surface area contributed by atoms with Crippen LogP contribution in [0.4, 0.5) is 8.78 Å². The normalized spacial score (nSPS) is 20.7. The molecule has 0 aromatic heterocycles. The van der Waals surface area contributed by atoms with Gasteiger partial charge >= 0.3 is 0 Å². The molecule has 1 aromatic rings. The Kier molecular flexibility index (Phi) is 4.76. The second kappa shape index (κ2) is 6.19. The van der Waals surface area contributed by atoms with Crippen LogP contribution in [0.15, 0.2) is 18.2 Å². The lowest BCUT2D eigenvalue weighted by atomic mass is 9.78. The topological polar surface area (TPSA) is 29.3 Å². The van der Waals surface area contributed by atoms with Crippen LogP contribution < -0.4 is 5.73 Å². The lowest BCUT2D eigenvalue weighted by Crippen LogP contribution is -2.52. The third-order valence-electron chi connectivity index (χ3n) is 4.75. The van der Waals surface area contributed by atoms with E-state index in [1.165, 1.54) is 31.0 Å². The molecule has 0 aliphatic heterocycles. The Morgan fingerprint density at radius 2 is 1.55 bits per heavy atom. The molecule has 112 valence electrons. The average Bonchev–Trinajstić information content (AvgIpc) is 2.64. The van der Waals surface area contributed by atoms with E-state index >= 15 is 0 Å². The Morgan fingerprint density at radius 3 is 2.00 bits per heavy atom. The second-order valence-corrected chi connectivity index (χ2v) is 6.03. The van der Waals surface area contributed by atoms with Crippen LogP contribution in [0.3, 0.4) is 0 Å². The van der Waals surface area contributed by atoms with Gasteiger partial charge in [-0.15, -0.1) is 0 Å². The van der Waals surface area contributed by atoms with Crippen LogP contribution in [0, 0.1) is 11.6 Å². The standard InChI is InChI=1S/C16H24F2N2/c1-20(2)16(10-5-3-4-6-11-16)15(19)14-12(17)8-7-9-13(14)18/h7-9,15H,3-6,10-11,19H2,1-2H3. The maximum absolute atomic E-state index is 14.1. The molecule has 2 rings (SSSR count). The molecule has 1 aromatic carbocycles. The highest BCUT2D eigenvalue weighted by atomic mass is 19.1. The molecule has 0 saturated heterocycles. The predicted molar refractivity (Wildman–Crippen MR) is 77.4 cm³/mol. The van der Waals surface area contributed by atoms with Crippen molar-refractivity contribution < 1.29 is 8.78 Å². The van der Waals surface area contributed by atoms with Gasteiger partial charge in [-0.2, -0.15) is 0 Å². The predicted octanol–water partition coefficient (Wildman–Crippen LogP) is 3.62. The SMILES string of the molecule is CN(C)C1(C(N)c2c(F)cccc2F)CCCCCC1. The van der Waals surface area contributed by atoms with E-state index in [0.29, 0.717) is 0 Å². The molecule has 1 saturated carbocycles. The Hall–Kier alpha value is -1.00. The van der Waals surface area contributed by atoms with E-state index in [1.54, 1.807) is 0 Å². The van der Waals surface area contributed by atoms with Crippen molar-refractivity contribution in [2.24, 2.45) is 5.73 Å². The minimum atomic E-state index is -0.642. The van der Waals surface area contributed by atoms with E-state index in [0.717, 1.165) is 25.7 Å². The molecule has 4 heteroatoms. The van der Waals surface area contributed by atoms with Gasteiger partial charge in [0.1, 0.15) is 11.6 Å². The third kappa shape index (κ3) is 2.72. The van der Waals surface area contributed by atoms with Gasteiger partial charge in [-0.05, 0) is 39.1 Å². The van der Waals surface area contributed by atoms with Gasteiger partial charge in [0.25, 0.3) is 0 Å². The van der Waals surface area contributed by atoms with Gasteiger partial charge in [0.2, 0.25) is 0 Å². The second-order valence-electron chi connectivity index (χ2n) is 6.03. The van der Waals surface area contributed by atoms with Crippen molar-refractivity contribution in [3.63, 3.8) is 0 Å². The molecule has 1 unspecified atom stereocenters. The highest BCUT2D eigenvalue weighted by Crippen LogP contribution is 2.41. The molecule has 0 spiro atoms. The zero-order chi connectivity index (χ0) is 14.8. The fourth-order valence-electron chi connectivity index (χ4n) is 3.45. The fraction of sp³-hybridized carbons (Fsp3) is 0.625. The molecule has 0 bridgehead atoms. The first-order chi connectivity index (χ1) is 9.49. The van der Waals surface area contributed by atoms with E-state index in [9.17, 15) is 8.78 Å². The summed E-state index contributed by atoms with van der Waals surface area (Å²) in [5, 5.41) is 0. The van der Waals surface area contributed by atoms with E-state index in [1.807, 2.05) is 14.1 Å². The van der Waals surface area contributed by atoms with E-state index in [-0.39, 0.29) is 11.1 Å². The van der Waals surface area contributed by atoms with Crippen molar-refractivity contribution in [1.29, 1.82) is 0 Å². The van der Waals surface area contributed by atoms with Crippen LogP contribution in [-0.2, 0) is 0 Å². The van der Waals surface area contributed by atoms with Gasteiger partial charge in [-0.25, -0.2) is 8.78 Å². The summed E-state index contributed by atoms with van der Waals surface area (Å²) in [6.07, 6.45) is 6.22. The zero-order valence-electron chi connectivity index (χ0n) is 12.3. The monoisotopic (exact) mass is 282 g/mol. The largest absolute Gasteiger partial charge is 0.322 e. The molecule has 1 aliphatic carbocycles. The highest BCUT2D eigenvalue weighted by molar-refractivity contribution is 5.27. The summed E-state index contributed by atoms with van der Waals surface area (Å²) < 4.78 is 28.1. The number of hydrogen-bond acceptors (Lipinski definition) is 2. The highest BCUT2D eigenvalue weighted by Gasteiger charge is 2.41. The lowest BCUT2D eigenvalue weighted by Gasteiger charge is -2.44. The van der Waals surface area contributed by atoms with E-state index in [2.05, 4.69) is 4.90 Å². The van der Waals surface area contributed by atoms with Crippen LogP contribution in [0.1, 0.15) is 50.1 Å². The maximum Gasteiger partial charge on any atom is 0.130 e. The first-order valence-electron chi connectivity index (χ1n) is 7.36. The van der Waals surface area contributed by atoms with Crippen molar-refractivity contribution in [3.05, 3.63) is 35.4 Å². The maximum atomic E-state index is 14.1. The Morgan fingerprint density at radius 1 is 1.05 bits per heavy atom. The number of rotatable bonds is 3. The molecular formula is C16H24F2N2. The van der Waals surface area contributed by atoms with Gasteiger partial charge in [0, 0.05) is 11.1 Å². The van der Waals surface area contributed by atoms with E-state index in [4.69, 9.17) is 5.73 Å². The average molecular weight is 282 g/mol. The Balaban J connectivity index is 2.43. The van der Waals surface area contributed by atoms with Crippen molar-refractivity contribution in [2.75, 3.05) is 14.1 Å². The van der Waals surface area contributed by atoms with Crippen LogP contribution in [0.5, 0.6) is 0 Å². The summed E-state index contributed by atoms with van der Waals surface area (Å²) in [5.41, 5.74) is 6.02.